The van der Waals surface area contributed by atoms with E-state index in [0.717, 1.165) is 5.69 Å². The Labute approximate surface area is 65.8 Å². The fourth-order valence-electron chi connectivity index (χ4n) is 1.12. The number of hydrogen-bond donors (Lipinski definition) is 1. The lowest BCUT2D eigenvalue weighted by Gasteiger charge is -2.10. The molecule has 1 aromatic rings. The average molecular weight is 156 g/mol. The minimum atomic E-state index is -0.355. The molecule has 0 fully saturated rings. The van der Waals surface area contributed by atoms with E-state index in [1.165, 1.54) is 0 Å². The van der Waals surface area contributed by atoms with Gasteiger partial charge < -0.3 is 10.3 Å². The summed E-state index contributed by atoms with van der Waals surface area (Å²) in [6.07, 6.45) is 2.31. The molecule has 11 heavy (non-hydrogen) atoms. The average Bonchev–Trinajstić information content (AvgIpc) is 2.36. The number of nitrogens with zero attached hydrogens (tertiary/aromatic N) is 1. The summed E-state index contributed by atoms with van der Waals surface area (Å²) in [5.41, 5.74) is 6.68. The first kappa shape index (κ1) is 8.27. The molecule has 62 valence electrons. The first-order valence-electron chi connectivity index (χ1n) is 3.68. The van der Waals surface area contributed by atoms with E-state index in [4.69, 9.17) is 5.73 Å². The SMILES string of the molecule is Cn1cccc1[C@H](N)CCF. The van der Waals surface area contributed by atoms with Crippen molar-refractivity contribution >= 4 is 0 Å². The van der Waals surface area contributed by atoms with Crippen LogP contribution in [0.5, 0.6) is 0 Å². The van der Waals surface area contributed by atoms with Gasteiger partial charge in [0.2, 0.25) is 0 Å². The quantitative estimate of drug-likeness (QED) is 0.704. The third-order valence-corrected chi connectivity index (χ3v) is 1.78. The molecular formula is C8H13FN2. The number of hydrogen-bond acceptors (Lipinski definition) is 1. The van der Waals surface area contributed by atoms with Crippen molar-refractivity contribution in [2.45, 2.75) is 12.5 Å². The van der Waals surface area contributed by atoms with Crippen LogP contribution < -0.4 is 5.73 Å². The Hall–Kier alpha value is -0.830. The third-order valence-electron chi connectivity index (χ3n) is 1.78. The van der Waals surface area contributed by atoms with E-state index >= 15 is 0 Å². The molecule has 1 atom stereocenters. The Morgan fingerprint density at radius 2 is 2.45 bits per heavy atom. The van der Waals surface area contributed by atoms with Gasteiger partial charge in [0.05, 0.1) is 6.67 Å². The molecule has 0 aliphatic rings. The maximum absolute atomic E-state index is 11.9. The second kappa shape index (κ2) is 3.53. The Morgan fingerprint density at radius 3 is 2.91 bits per heavy atom. The van der Waals surface area contributed by atoms with Gasteiger partial charge in [-0.3, -0.25) is 4.39 Å². The summed E-state index contributed by atoms with van der Waals surface area (Å²) in [6, 6.07) is 3.66. The molecule has 0 aliphatic heterocycles. The Balaban J connectivity index is 2.67. The van der Waals surface area contributed by atoms with Crippen LogP contribution in [-0.4, -0.2) is 11.2 Å². The van der Waals surface area contributed by atoms with Crippen LogP contribution in [-0.2, 0) is 7.05 Å². The van der Waals surface area contributed by atoms with Crippen LogP contribution >= 0.6 is 0 Å². The van der Waals surface area contributed by atoms with Crippen molar-refractivity contribution in [1.82, 2.24) is 4.57 Å². The Morgan fingerprint density at radius 1 is 1.73 bits per heavy atom. The summed E-state index contributed by atoms with van der Waals surface area (Å²) in [4.78, 5) is 0. The van der Waals surface area contributed by atoms with Crippen molar-refractivity contribution in [1.29, 1.82) is 0 Å². The maximum Gasteiger partial charge on any atom is 0.0913 e. The standard InChI is InChI=1S/C8H13FN2/c1-11-6-2-3-8(11)7(10)4-5-9/h2-3,6-7H,4-5,10H2,1H3/t7-/m1/s1. The highest BCUT2D eigenvalue weighted by atomic mass is 19.1. The molecule has 0 saturated carbocycles. The Kier molecular flexibility index (Phi) is 2.65. The van der Waals surface area contributed by atoms with Gasteiger partial charge in [-0.05, 0) is 18.6 Å². The van der Waals surface area contributed by atoms with E-state index in [1.807, 2.05) is 29.9 Å². The lowest BCUT2D eigenvalue weighted by Crippen LogP contribution is -2.14. The van der Waals surface area contributed by atoms with E-state index in [-0.39, 0.29) is 12.7 Å². The molecule has 1 rings (SSSR count). The molecule has 2 N–H and O–H groups in total. The molecular weight excluding hydrogens is 143 g/mol. The van der Waals surface area contributed by atoms with Gasteiger partial charge in [-0.15, -0.1) is 0 Å². The zero-order valence-corrected chi connectivity index (χ0v) is 6.63. The molecule has 0 radical (unpaired) electrons. The number of aryl methyl sites for hydroxylation is 1. The number of halogens is 1. The molecule has 0 unspecified atom stereocenters. The van der Waals surface area contributed by atoms with Crippen LogP contribution in [0.2, 0.25) is 0 Å². The molecule has 0 bridgehead atoms. The van der Waals surface area contributed by atoms with Crippen molar-refractivity contribution in [3.63, 3.8) is 0 Å². The van der Waals surface area contributed by atoms with E-state index in [1.54, 1.807) is 0 Å². The van der Waals surface area contributed by atoms with Gasteiger partial charge in [0.1, 0.15) is 0 Å². The van der Waals surface area contributed by atoms with Crippen LogP contribution in [0, 0.1) is 0 Å². The summed E-state index contributed by atoms with van der Waals surface area (Å²) in [5.74, 6) is 0. The fourth-order valence-corrected chi connectivity index (χ4v) is 1.12. The molecule has 0 spiro atoms. The van der Waals surface area contributed by atoms with Crippen LogP contribution in [0.3, 0.4) is 0 Å². The number of aromatic nitrogens is 1. The second-order valence-electron chi connectivity index (χ2n) is 2.63. The van der Waals surface area contributed by atoms with Gasteiger partial charge in [-0.2, -0.15) is 0 Å². The van der Waals surface area contributed by atoms with Gasteiger partial charge in [-0.25, -0.2) is 0 Å². The summed E-state index contributed by atoms with van der Waals surface area (Å²) in [6.45, 7) is -0.355. The van der Waals surface area contributed by atoms with Crippen LogP contribution in [0.4, 0.5) is 4.39 Å². The number of alkyl halides is 1. The molecule has 0 aromatic carbocycles. The van der Waals surface area contributed by atoms with Crippen LogP contribution in [0.1, 0.15) is 18.2 Å². The van der Waals surface area contributed by atoms with E-state index < -0.39 is 0 Å². The second-order valence-corrected chi connectivity index (χ2v) is 2.63. The van der Waals surface area contributed by atoms with E-state index in [0.29, 0.717) is 6.42 Å². The van der Waals surface area contributed by atoms with Crippen molar-refractivity contribution in [3.05, 3.63) is 24.0 Å². The van der Waals surface area contributed by atoms with Gasteiger partial charge in [-0.1, -0.05) is 0 Å². The fraction of sp³-hybridized carbons (Fsp3) is 0.500. The highest BCUT2D eigenvalue weighted by molar-refractivity contribution is 5.10. The van der Waals surface area contributed by atoms with Gasteiger partial charge in [0.15, 0.2) is 0 Å². The van der Waals surface area contributed by atoms with Gasteiger partial charge >= 0.3 is 0 Å². The van der Waals surface area contributed by atoms with E-state index in [9.17, 15) is 4.39 Å². The zero-order valence-electron chi connectivity index (χ0n) is 6.63. The summed E-state index contributed by atoms with van der Waals surface area (Å²) in [7, 11) is 1.91. The van der Waals surface area contributed by atoms with Gasteiger partial charge in [0, 0.05) is 25.0 Å². The highest BCUT2D eigenvalue weighted by Crippen LogP contribution is 2.13. The summed E-state index contributed by atoms with van der Waals surface area (Å²) >= 11 is 0. The zero-order chi connectivity index (χ0) is 8.27. The lowest BCUT2D eigenvalue weighted by atomic mass is 10.2. The van der Waals surface area contributed by atoms with Crippen LogP contribution in [0.15, 0.2) is 18.3 Å². The Bertz CT molecular complexity index is 220. The smallest absolute Gasteiger partial charge is 0.0913 e. The molecule has 1 aromatic heterocycles. The first-order valence-corrected chi connectivity index (χ1v) is 3.68. The monoisotopic (exact) mass is 156 g/mol. The predicted octanol–water partition coefficient (Wildman–Crippen LogP) is 1.38. The number of nitrogens with two attached hydrogens (primary N) is 1. The number of rotatable bonds is 3. The first-order chi connectivity index (χ1) is 5.25. The van der Waals surface area contributed by atoms with Crippen molar-refractivity contribution in [2.24, 2.45) is 12.8 Å². The topological polar surface area (TPSA) is 30.9 Å². The van der Waals surface area contributed by atoms with Gasteiger partial charge in [0.25, 0.3) is 0 Å². The molecule has 1 heterocycles. The minimum Gasteiger partial charge on any atom is -0.353 e. The molecule has 0 amide bonds. The maximum atomic E-state index is 11.9. The largest absolute Gasteiger partial charge is 0.353 e. The van der Waals surface area contributed by atoms with Crippen molar-refractivity contribution < 1.29 is 4.39 Å². The molecule has 0 aliphatic carbocycles. The third kappa shape index (κ3) is 1.80. The lowest BCUT2D eigenvalue weighted by molar-refractivity contribution is 0.435. The molecule has 2 nitrogen and oxygen atoms in total. The summed E-state index contributed by atoms with van der Waals surface area (Å²) < 4.78 is 13.8. The van der Waals surface area contributed by atoms with Crippen molar-refractivity contribution in [3.8, 4) is 0 Å². The highest BCUT2D eigenvalue weighted by Gasteiger charge is 2.07. The predicted molar refractivity (Wildman–Crippen MR) is 42.9 cm³/mol. The molecule has 3 heteroatoms. The summed E-state index contributed by atoms with van der Waals surface area (Å²) in [5, 5.41) is 0. The normalized spacial score (nSPS) is 13.4. The van der Waals surface area contributed by atoms with E-state index in [2.05, 4.69) is 0 Å². The van der Waals surface area contributed by atoms with Crippen molar-refractivity contribution in [2.75, 3.05) is 6.67 Å². The molecule has 0 saturated heterocycles. The minimum absolute atomic E-state index is 0.167. The van der Waals surface area contributed by atoms with Crippen LogP contribution in [0.25, 0.3) is 0 Å².